The molecule has 30 heavy (non-hydrogen) atoms. The molecule has 0 aromatic carbocycles. The molecule has 162 valence electrons. The second-order valence-corrected chi connectivity index (χ2v) is 10.5. The van der Waals surface area contributed by atoms with E-state index in [2.05, 4.69) is 15.0 Å². The molecule has 2 aliphatic rings. The van der Waals surface area contributed by atoms with Crippen LogP contribution < -0.4 is 10.0 Å². The molecule has 0 aliphatic heterocycles. The van der Waals surface area contributed by atoms with E-state index in [4.69, 9.17) is 9.20 Å². The SMILES string of the molecule is CC(C)(O)c1coc(S(=N)(=O)NC(=O)Nc2c(CC3CCC3)ncc3c2CCC3)c1. The second kappa shape index (κ2) is 7.70. The number of nitrogens with one attached hydrogen (secondary N) is 3. The Kier molecular flexibility index (Phi) is 5.36. The lowest BCUT2D eigenvalue weighted by Gasteiger charge is -2.26. The first-order valence-corrected chi connectivity index (χ1v) is 11.9. The molecule has 0 spiro atoms. The molecule has 4 N–H and O–H groups in total. The Labute approximate surface area is 176 Å². The van der Waals surface area contributed by atoms with Gasteiger partial charge in [-0.2, -0.15) is 0 Å². The summed E-state index contributed by atoms with van der Waals surface area (Å²) in [4.78, 5) is 17.3. The van der Waals surface area contributed by atoms with E-state index in [1.165, 1.54) is 31.6 Å². The van der Waals surface area contributed by atoms with Crippen molar-refractivity contribution in [2.24, 2.45) is 5.92 Å². The monoisotopic (exact) mass is 432 g/mol. The van der Waals surface area contributed by atoms with E-state index in [1.54, 1.807) is 13.8 Å². The number of aryl methyl sites for hydroxylation is 1. The van der Waals surface area contributed by atoms with Crippen molar-refractivity contribution in [2.75, 3.05) is 5.32 Å². The highest BCUT2D eigenvalue weighted by molar-refractivity contribution is 7.91. The molecule has 9 heteroatoms. The van der Waals surface area contributed by atoms with Gasteiger partial charge in [-0.15, -0.1) is 0 Å². The Morgan fingerprint density at radius 1 is 1.37 bits per heavy atom. The molecule has 0 saturated heterocycles. The van der Waals surface area contributed by atoms with Gasteiger partial charge in [-0.05, 0) is 56.6 Å². The molecule has 1 saturated carbocycles. The van der Waals surface area contributed by atoms with Crippen molar-refractivity contribution in [3.63, 3.8) is 0 Å². The van der Waals surface area contributed by atoms with Crippen molar-refractivity contribution in [3.05, 3.63) is 40.9 Å². The minimum Gasteiger partial charge on any atom is -0.452 e. The highest BCUT2D eigenvalue weighted by Gasteiger charge is 2.27. The molecule has 1 fully saturated rings. The molecule has 2 aromatic heterocycles. The van der Waals surface area contributed by atoms with Crippen LogP contribution in [0.5, 0.6) is 0 Å². The molecule has 2 aliphatic carbocycles. The van der Waals surface area contributed by atoms with Crippen LogP contribution in [0.2, 0.25) is 0 Å². The highest BCUT2D eigenvalue weighted by Crippen LogP contribution is 2.35. The smallest absolute Gasteiger partial charge is 0.332 e. The fraction of sp³-hybridized carbons (Fsp3) is 0.524. The molecular formula is C21H28N4O4S. The molecule has 0 bridgehead atoms. The van der Waals surface area contributed by atoms with Gasteiger partial charge in [-0.25, -0.2) is 18.5 Å². The summed E-state index contributed by atoms with van der Waals surface area (Å²) in [7, 11) is -3.72. The van der Waals surface area contributed by atoms with Gasteiger partial charge in [0.15, 0.2) is 9.92 Å². The predicted molar refractivity (Wildman–Crippen MR) is 113 cm³/mol. The molecular weight excluding hydrogens is 404 g/mol. The standard InChI is InChI=1S/C21H28N4O4S/c1-21(2,27)15-10-18(29-12-15)30(22,28)25-20(26)24-19-16-8-4-7-14(16)11-23-17(19)9-13-5-3-6-13/h10-13,27H,3-9H2,1-2H3,(H3,22,24,25,26,28). The van der Waals surface area contributed by atoms with E-state index < -0.39 is 21.5 Å². The first-order valence-electron chi connectivity index (χ1n) is 10.3. The number of urea groups is 1. The Bertz CT molecular complexity index is 1070. The van der Waals surface area contributed by atoms with Crippen molar-refractivity contribution < 1.29 is 18.5 Å². The summed E-state index contributed by atoms with van der Waals surface area (Å²) in [6.07, 6.45) is 10.4. The number of pyridine rings is 1. The largest absolute Gasteiger partial charge is 0.452 e. The Morgan fingerprint density at radius 3 is 2.77 bits per heavy atom. The van der Waals surface area contributed by atoms with Gasteiger partial charge in [-0.3, -0.25) is 4.98 Å². The molecule has 2 amide bonds. The quantitative estimate of drug-likeness (QED) is 0.551. The summed E-state index contributed by atoms with van der Waals surface area (Å²) in [5, 5.41) is 12.7. The third-order valence-electron chi connectivity index (χ3n) is 5.97. The van der Waals surface area contributed by atoms with Gasteiger partial charge in [0.2, 0.25) is 5.09 Å². The molecule has 2 aromatic rings. The van der Waals surface area contributed by atoms with Gasteiger partial charge in [-0.1, -0.05) is 19.3 Å². The van der Waals surface area contributed by atoms with Crippen molar-refractivity contribution in [1.82, 2.24) is 9.71 Å². The maximum Gasteiger partial charge on any atom is 0.332 e. The van der Waals surface area contributed by atoms with E-state index in [1.807, 2.05) is 6.20 Å². The lowest BCUT2D eigenvalue weighted by Crippen LogP contribution is -2.34. The van der Waals surface area contributed by atoms with E-state index in [0.29, 0.717) is 17.2 Å². The van der Waals surface area contributed by atoms with E-state index in [9.17, 15) is 14.1 Å². The fourth-order valence-corrected chi connectivity index (χ4v) is 4.86. The minimum absolute atomic E-state index is 0.208. The summed E-state index contributed by atoms with van der Waals surface area (Å²) < 4.78 is 28.3. The zero-order valence-electron chi connectivity index (χ0n) is 17.3. The first kappa shape index (κ1) is 20.9. The van der Waals surface area contributed by atoms with Crippen LogP contribution in [0.25, 0.3) is 0 Å². The topological polar surface area (TPSA) is 128 Å². The number of amides is 2. The molecule has 4 rings (SSSR count). The van der Waals surface area contributed by atoms with Gasteiger partial charge in [0.25, 0.3) is 0 Å². The van der Waals surface area contributed by atoms with Crippen LogP contribution >= 0.6 is 0 Å². The predicted octanol–water partition coefficient (Wildman–Crippen LogP) is 3.88. The number of furan rings is 1. The lowest BCUT2D eigenvalue weighted by atomic mass is 9.81. The third-order valence-corrected chi connectivity index (χ3v) is 7.23. The number of carbonyl (C=O) groups is 1. The van der Waals surface area contributed by atoms with Crippen LogP contribution in [0, 0.1) is 10.7 Å². The van der Waals surface area contributed by atoms with Crippen LogP contribution in [0.15, 0.2) is 28.0 Å². The lowest BCUT2D eigenvalue weighted by molar-refractivity contribution is 0.0779. The maximum absolute atomic E-state index is 12.8. The van der Waals surface area contributed by atoms with Gasteiger partial charge in [0.1, 0.15) is 0 Å². The van der Waals surface area contributed by atoms with Crippen LogP contribution in [-0.4, -0.2) is 20.3 Å². The van der Waals surface area contributed by atoms with Crippen molar-refractivity contribution in [1.29, 1.82) is 4.78 Å². The molecule has 8 nitrogen and oxygen atoms in total. The molecule has 0 radical (unpaired) electrons. The van der Waals surface area contributed by atoms with Gasteiger partial charge < -0.3 is 14.8 Å². The minimum atomic E-state index is -3.72. The molecule has 1 unspecified atom stereocenters. The van der Waals surface area contributed by atoms with Gasteiger partial charge in [0, 0.05) is 17.8 Å². The number of aliphatic hydroxyl groups is 1. The second-order valence-electron chi connectivity index (χ2n) is 8.76. The normalized spacial score (nSPS) is 18.4. The van der Waals surface area contributed by atoms with E-state index >= 15 is 0 Å². The Balaban J connectivity index is 1.53. The summed E-state index contributed by atoms with van der Waals surface area (Å²) in [6, 6.07) is 0.604. The number of carbonyl (C=O) groups excluding carboxylic acids is 1. The molecule has 2 heterocycles. The van der Waals surface area contributed by atoms with Crippen LogP contribution in [0.1, 0.15) is 61.9 Å². The van der Waals surface area contributed by atoms with E-state index in [-0.39, 0.29) is 5.09 Å². The van der Waals surface area contributed by atoms with Gasteiger partial charge >= 0.3 is 6.03 Å². The Hall–Kier alpha value is -2.39. The van der Waals surface area contributed by atoms with Gasteiger partial charge in [0.05, 0.1) is 23.2 Å². The summed E-state index contributed by atoms with van der Waals surface area (Å²) in [5.41, 5.74) is 2.96. The number of nitrogens with zero attached hydrogens (tertiary/aromatic N) is 1. The zero-order chi connectivity index (χ0) is 21.5. The van der Waals surface area contributed by atoms with Crippen LogP contribution in [0.3, 0.4) is 0 Å². The van der Waals surface area contributed by atoms with Crippen LogP contribution in [0.4, 0.5) is 10.5 Å². The third kappa shape index (κ3) is 4.22. The zero-order valence-corrected chi connectivity index (χ0v) is 18.1. The highest BCUT2D eigenvalue weighted by atomic mass is 32.2. The number of anilines is 1. The van der Waals surface area contributed by atoms with Crippen molar-refractivity contribution in [2.45, 2.75) is 69.5 Å². The maximum atomic E-state index is 12.8. The average molecular weight is 433 g/mol. The Morgan fingerprint density at radius 2 is 2.13 bits per heavy atom. The number of aromatic nitrogens is 1. The number of hydrogen-bond donors (Lipinski definition) is 4. The number of fused-ring (bicyclic) bond motifs is 1. The van der Waals surface area contributed by atoms with Crippen molar-refractivity contribution >= 4 is 21.6 Å². The fourth-order valence-electron chi connectivity index (χ4n) is 3.97. The average Bonchev–Trinajstić information content (AvgIpc) is 3.28. The summed E-state index contributed by atoms with van der Waals surface area (Å²) in [5.74, 6) is 0.587. The summed E-state index contributed by atoms with van der Waals surface area (Å²) >= 11 is 0. The molecule has 1 atom stereocenters. The van der Waals surface area contributed by atoms with E-state index in [0.717, 1.165) is 42.5 Å². The van der Waals surface area contributed by atoms with Crippen molar-refractivity contribution in [3.8, 4) is 0 Å². The number of rotatable bonds is 6. The number of hydrogen-bond acceptors (Lipinski definition) is 6. The first-order chi connectivity index (χ1) is 14.1. The summed E-state index contributed by atoms with van der Waals surface area (Å²) in [6.45, 7) is 3.11. The van der Waals surface area contributed by atoms with Crippen LogP contribution in [-0.2, 0) is 34.8 Å².